The largest absolute Gasteiger partial charge is 0.478 e. The molecule has 0 bridgehead atoms. The van der Waals surface area contributed by atoms with Crippen LogP contribution in [0.3, 0.4) is 0 Å². The van der Waals surface area contributed by atoms with E-state index in [1.807, 2.05) is 0 Å². The van der Waals surface area contributed by atoms with Gasteiger partial charge in [-0.15, -0.1) is 0 Å². The average Bonchev–Trinajstić information content (AvgIpc) is 2.83. The molecule has 0 aliphatic rings. The number of nitro groups is 1. The topological polar surface area (TPSA) is 119 Å². The molecule has 2 rings (SSSR count). The third-order valence-electron chi connectivity index (χ3n) is 2.56. The molecular weight excluding hydrogens is 298 g/mol. The van der Waals surface area contributed by atoms with E-state index in [-0.39, 0.29) is 17.2 Å². The summed E-state index contributed by atoms with van der Waals surface area (Å²) in [6, 6.07) is 2.73. The highest BCUT2D eigenvalue weighted by atomic mass is 32.2. The molecule has 0 saturated carbocycles. The van der Waals surface area contributed by atoms with Crippen LogP contribution in [0.1, 0.15) is 27.6 Å². The molecule has 0 spiro atoms. The van der Waals surface area contributed by atoms with Gasteiger partial charge in [0.25, 0.3) is 0 Å². The van der Waals surface area contributed by atoms with Crippen LogP contribution >= 0.6 is 11.8 Å². The molecule has 0 aliphatic carbocycles. The van der Waals surface area contributed by atoms with Crippen molar-refractivity contribution in [1.82, 2.24) is 9.97 Å². The van der Waals surface area contributed by atoms with Gasteiger partial charge in [-0.2, -0.15) is 0 Å². The van der Waals surface area contributed by atoms with Crippen molar-refractivity contribution in [3.63, 3.8) is 0 Å². The van der Waals surface area contributed by atoms with Crippen molar-refractivity contribution in [3.05, 3.63) is 45.1 Å². The molecule has 2 aromatic heterocycles. The quantitative estimate of drug-likeness (QED) is 0.387. The fraction of sp³-hybridized carbons (Fsp3) is 0.250. The second-order valence-electron chi connectivity index (χ2n) is 4.13. The molecule has 0 aromatic carbocycles. The van der Waals surface area contributed by atoms with Crippen LogP contribution in [0.5, 0.6) is 0 Å². The number of hydrogen-bond acceptors (Lipinski definition) is 7. The Bertz CT molecular complexity index is 713. The molecule has 0 amide bonds. The smallest absolute Gasteiger partial charge is 0.433 e. The summed E-state index contributed by atoms with van der Waals surface area (Å²) < 4.78 is 5.02. The standard InChI is InChI=1S/C12H11N3O5S/c1-6-10(12(16)17)11(14-7(2)13-6)21-5-8-3-4-9(20-8)15(18)19/h3-4H,5H2,1-2H3,(H,16,17). The first-order valence-electron chi connectivity index (χ1n) is 5.83. The monoisotopic (exact) mass is 309 g/mol. The average molecular weight is 309 g/mol. The first-order chi connectivity index (χ1) is 9.88. The Morgan fingerprint density at radius 1 is 1.43 bits per heavy atom. The minimum Gasteiger partial charge on any atom is -0.478 e. The van der Waals surface area contributed by atoms with Gasteiger partial charge in [0.1, 0.15) is 27.1 Å². The third kappa shape index (κ3) is 3.37. The zero-order valence-electron chi connectivity index (χ0n) is 11.2. The molecule has 0 atom stereocenters. The van der Waals surface area contributed by atoms with Gasteiger partial charge in [-0.3, -0.25) is 10.1 Å². The lowest BCUT2D eigenvalue weighted by Crippen LogP contribution is -2.08. The highest BCUT2D eigenvalue weighted by Crippen LogP contribution is 2.28. The van der Waals surface area contributed by atoms with Crippen LogP contribution in [0.2, 0.25) is 0 Å². The Morgan fingerprint density at radius 2 is 2.14 bits per heavy atom. The SMILES string of the molecule is Cc1nc(C)c(C(=O)O)c(SCc2ccc([N+](=O)[O-])o2)n1. The van der Waals surface area contributed by atoms with Crippen LogP contribution in [0.4, 0.5) is 5.88 Å². The number of hydrogen-bond donors (Lipinski definition) is 1. The summed E-state index contributed by atoms with van der Waals surface area (Å²) in [5, 5.41) is 20.0. The summed E-state index contributed by atoms with van der Waals surface area (Å²) in [4.78, 5) is 29.3. The van der Waals surface area contributed by atoms with E-state index in [1.54, 1.807) is 13.8 Å². The van der Waals surface area contributed by atoms with Gasteiger partial charge in [0.2, 0.25) is 0 Å². The number of carbonyl (C=O) groups is 1. The van der Waals surface area contributed by atoms with E-state index in [0.717, 1.165) is 11.8 Å². The Hall–Kier alpha value is -2.42. The van der Waals surface area contributed by atoms with E-state index in [1.165, 1.54) is 12.1 Å². The van der Waals surface area contributed by atoms with E-state index in [0.29, 0.717) is 22.3 Å². The van der Waals surface area contributed by atoms with Crippen molar-refractivity contribution in [1.29, 1.82) is 0 Å². The second-order valence-corrected chi connectivity index (χ2v) is 5.09. The molecule has 0 unspecified atom stereocenters. The van der Waals surface area contributed by atoms with E-state index < -0.39 is 10.9 Å². The molecule has 2 aromatic rings. The van der Waals surface area contributed by atoms with Gasteiger partial charge < -0.3 is 9.52 Å². The zero-order valence-corrected chi connectivity index (χ0v) is 12.0. The number of aryl methyl sites for hydroxylation is 2. The molecule has 0 fully saturated rings. The lowest BCUT2D eigenvalue weighted by molar-refractivity contribution is -0.402. The minimum atomic E-state index is -1.11. The van der Waals surface area contributed by atoms with Gasteiger partial charge in [-0.1, -0.05) is 11.8 Å². The van der Waals surface area contributed by atoms with Crippen molar-refractivity contribution < 1.29 is 19.2 Å². The van der Waals surface area contributed by atoms with E-state index in [2.05, 4.69) is 9.97 Å². The number of thioether (sulfide) groups is 1. The van der Waals surface area contributed by atoms with Gasteiger partial charge >= 0.3 is 11.9 Å². The van der Waals surface area contributed by atoms with Crippen molar-refractivity contribution in [2.75, 3.05) is 0 Å². The Balaban J connectivity index is 2.22. The highest BCUT2D eigenvalue weighted by Gasteiger charge is 2.19. The zero-order chi connectivity index (χ0) is 15.6. The molecule has 2 heterocycles. The molecule has 0 radical (unpaired) electrons. The molecule has 110 valence electrons. The first kappa shape index (κ1) is 15.0. The molecule has 0 aliphatic heterocycles. The summed E-state index contributed by atoms with van der Waals surface area (Å²) in [6.07, 6.45) is 0. The van der Waals surface area contributed by atoms with Crippen LogP contribution in [0.15, 0.2) is 21.6 Å². The number of aromatic nitrogens is 2. The molecular formula is C12H11N3O5S. The van der Waals surface area contributed by atoms with Gasteiger partial charge in [-0.25, -0.2) is 14.8 Å². The number of aromatic carboxylic acids is 1. The normalized spacial score (nSPS) is 10.6. The lowest BCUT2D eigenvalue weighted by Gasteiger charge is -2.07. The minimum absolute atomic E-state index is 0.0339. The number of carboxylic acids is 1. The first-order valence-corrected chi connectivity index (χ1v) is 6.81. The Morgan fingerprint density at radius 3 is 2.71 bits per heavy atom. The molecule has 9 heteroatoms. The third-order valence-corrected chi connectivity index (χ3v) is 3.56. The summed E-state index contributed by atoms with van der Waals surface area (Å²) in [6.45, 7) is 3.26. The molecule has 8 nitrogen and oxygen atoms in total. The van der Waals surface area contributed by atoms with Gasteiger partial charge in [0, 0.05) is 0 Å². The number of rotatable bonds is 5. The summed E-state index contributed by atoms with van der Waals surface area (Å²) in [5.74, 6) is -0.383. The maximum absolute atomic E-state index is 11.3. The fourth-order valence-electron chi connectivity index (χ4n) is 1.71. The molecule has 21 heavy (non-hydrogen) atoms. The van der Waals surface area contributed by atoms with Crippen LogP contribution in [0, 0.1) is 24.0 Å². The highest BCUT2D eigenvalue weighted by molar-refractivity contribution is 7.98. The predicted molar refractivity (Wildman–Crippen MR) is 73.4 cm³/mol. The van der Waals surface area contributed by atoms with Crippen molar-refractivity contribution >= 4 is 23.6 Å². The second kappa shape index (κ2) is 5.92. The predicted octanol–water partition coefficient (Wildman–Crippen LogP) is 2.59. The van der Waals surface area contributed by atoms with Crippen molar-refractivity contribution in [2.45, 2.75) is 24.6 Å². The molecule has 0 saturated heterocycles. The van der Waals surface area contributed by atoms with Crippen LogP contribution in [0.25, 0.3) is 0 Å². The van der Waals surface area contributed by atoms with Crippen molar-refractivity contribution in [3.8, 4) is 0 Å². The number of carboxylic acid groups (broad SMARTS) is 1. The molecule has 1 N–H and O–H groups in total. The fourth-order valence-corrected chi connectivity index (χ4v) is 2.72. The van der Waals surface area contributed by atoms with Crippen molar-refractivity contribution in [2.24, 2.45) is 0 Å². The van der Waals surface area contributed by atoms with Gasteiger partial charge in [0.05, 0.1) is 17.5 Å². The number of nitrogens with zero attached hydrogens (tertiary/aromatic N) is 3. The van der Waals surface area contributed by atoms with Crippen LogP contribution in [-0.2, 0) is 5.75 Å². The van der Waals surface area contributed by atoms with E-state index >= 15 is 0 Å². The number of furan rings is 1. The summed E-state index contributed by atoms with van der Waals surface area (Å²) >= 11 is 1.13. The van der Waals surface area contributed by atoms with E-state index in [4.69, 9.17) is 4.42 Å². The Kier molecular flexibility index (Phi) is 4.22. The summed E-state index contributed by atoms with van der Waals surface area (Å²) in [5.41, 5.74) is 0.412. The maximum Gasteiger partial charge on any atom is 0.433 e. The van der Waals surface area contributed by atoms with E-state index in [9.17, 15) is 20.0 Å². The van der Waals surface area contributed by atoms with Gasteiger partial charge in [-0.05, 0) is 19.9 Å². The maximum atomic E-state index is 11.3. The van der Waals surface area contributed by atoms with Crippen LogP contribution < -0.4 is 0 Å². The Labute approximate surface area is 123 Å². The van der Waals surface area contributed by atoms with Gasteiger partial charge in [0.15, 0.2) is 0 Å². The van der Waals surface area contributed by atoms with Crippen LogP contribution in [-0.4, -0.2) is 26.0 Å². The lowest BCUT2D eigenvalue weighted by atomic mass is 10.2. The summed E-state index contributed by atoms with van der Waals surface area (Å²) in [7, 11) is 0.